The lowest BCUT2D eigenvalue weighted by molar-refractivity contribution is 0.304. The molecule has 0 aliphatic heterocycles. The molecule has 0 radical (unpaired) electrons. The molecule has 2 aromatic carbocycles. The summed E-state index contributed by atoms with van der Waals surface area (Å²) in [5.41, 5.74) is 0.849. The Morgan fingerprint density at radius 1 is 1.05 bits per heavy atom. The molecule has 0 saturated carbocycles. The van der Waals surface area contributed by atoms with Crippen molar-refractivity contribution in [2.45, 2.75) is 19.3 Å². The molecule has 22 heavy (non-hydrogen) atoms. The highest BCUT2D eigenvalue weighted by Crippen LogP contribution is 2.27. The van der Waals surface area contributed by atoms with Gasteiger partial charge in [-0.05, 0) is 42.8 Å². The van der Waals surface area contributed by atoms with Gasteiger partial charge in [0.2, 0.25) is 0 Å². The van der Waals surface area contributed by atoms with Gasteiger partial charge in [0.25, 0.3) is 0 Å². The van der Waals surface area contributed by atoms with E-state index in [-0.39, 0.29) is 5.92 Å². The summed E-state index contributed by atoms with van der Waals surface area (Å²) < 4.78 is 11.1. The maximum Gasteiger partial charge on any atom is 0.119 e. The summed E-state index contributed by atoms with van der Waals surface area (Å²) in [7, 11) is 0. The van der Waals surface area contributed by atoms with Crippen molar-refractivity contribution in [2.24, 2.45) is 0 Å². The quantitative estimate of drug-likeness (QED) is 0.736. The lowest BCUT2D eigenvalue weighted by atomic mass is 9.98. The van der Waals surface area contributed by atoms with Gasteiger partial charge in [-0.15, -0.1) is 0 Å². The number of benzene rings is 2. The Morgan fingerprint density at radius 2 is 1.68 bits per heavy atom. The van der Waals surface area contributed by atoms with Gasteiger partial charge in [-0.2, -0.15) is 5.26 Å². The van der Waals surface area contributed by atoms with Crippen LogP contribution in [0.25, 0.3) is 0 Å². The fourth-order valence-corrected chi connectivity index (χ4v) is 2.41. The van der Waals surface area contributed by atoms with E-state index in [1.54, 1.807) is 6.07 Å². The topological polar surface area (TPSA) is 42.2 Å². The first-order valence-corrected chi connectivity index (χ1v) is 7.62. The molecule has 0 aliphatic carbocycles. The predicted molar refractivity (Wildman–Crippen MR) is 87.5 cm³/mol. The number of halogens is 1. The molecule has 2 aromatic rings. The average molecular weight is 316 g/mol. The maximum atomic E-state index is 9.32. The third-order valence-electron chi connectivity index (χ3n) is 3.25. The molecule has 1 unspecified atom stereocenters. The zero-order chi connectivity index (χ0) is 15.8. The van der Waals surface area contributed by atoms with Gasteiger partial charge in [-0.1, -0.05) is 29.8 Å². The largest absolute Gasteiger partial charge is 0.494 e. The van der Waals surface area contributed by atoms with E-state index >= 15 is 0 Å². The summed E-state index contributed by atoms with van der Waals surface area (Å²) in [6, 6.07) is 17.2. The van der Waals surface area contributed by atoms with Crippen LogP contribution in [0.15, 0.2) is 48.5 Å². The molecule has 0 saturated heterocycles. The fourth-order valence-electron chi connectivity index (χ4n) is 2.14. The second-order valence-corrected chi connectivity index (χ2v) is 5.15. The highest BCUT2D eigenvalue weighted by atomic mass is 35.5. The fraction of sp³-hybridized carbons (Fsp3) is 0.278. The number of nitrogens with zero attached hydrogens (tertiary/aromatic N) is 1. The Morgan fingerprint density at radius 3 is 2.27 bits per heavy atom. The smallest absolute Gasteiger partial charge is 0.119 e. The lowest BCUT2D eigenvalue weighted by Crippen LogP contribution is -2.05. The van der Waals surface area contributed by atoms with Crippen LogP contribution in [0.3, 0.4) is 0 Å². The van der Waals surface area contributed by atoms with E-state index in [0.29, 0.717) is 24.7 Å². The third kappa shape index (κ3) is 4.41. The van der Waals surface area contributed by atoms with Crippen LogP contribution in [0.5, 0.6) is 11.5 Å². The summed E-state index contributed by atoms with van der Waals surface area (Å²) in [6.07, 6.45) is 0.591. The highest BCUT2D eigenvalue weighted by molar-refractivity contribution is 6.31. The minimum absolute atomic E-state index is 0.267. The van der Waals surface area contributed by atoms with Gasteiger partial charge in [0.15, 0.2) is 0 Å². The molecule has 114 valence electrons. The standard InChI is InChI=1S/C18H18ClNO2/c1-2-21-15-7-9-16(10-8-15)22-12-11-14(13-20)17-5-3-4-6-18(17)19/h3-10,14H,2,11-12H2,1H3. The zero-order valence-corrected chi connectivity index (χ0v) is 13.2. The van der Waals surface area contributed by atoms with Crippen LogP contribution in [0, 0.1) is 11.3 Å². The Balaban J connectivity index is 1.89. The van der Waals surface area contributed by atoms with Crippen LogP contribution in [-0.2, 0) is 0 Å². The molecule has 4 heteroatoms. The summed E-state index contributed by atoms with van der Waals surface area (Å²) in [6.45, 7) is 3.04. The molecule has 2 rings (SSSR count). The van der Waals surface area contributed by atoms with Crippen LogP contribution >= 0.6 is 11.6 Å². The van der Waals surface area contributed by atoms with E-state index in [1.165, 1.54) is 0 Å². The molecule has 3 nitrogen and oxygen atoms in total. The molecule has 1 atom stereocenters. The van der Waals surface area contributed by atoms with Gasteiger partial charge >= 0.3 is 0 Å². The maximum absolute atomic E-state index is 9.32. The highest BCUT2D eigenvalue weighted by Gasteiger charge is 2.13. The Labute approximate surface area is 136 Å². The molecule has 0 spiro atoms. The summed E-state index contributed by atoms with van der Waals surface area (Å²) in [5, 5.41) is 9.94. The molecule has 0 heterocycles. The normalized spacial score (nSPS) is 11.5. The molecule has 0 N–H and O–H groups in total. The van der Waals surface area contributed by atoms with Crippen LogP contribution < -0.4 is 9.47 Å². The van der Waals surface area contributed by atoms with Crippen molar-refractivity contribution < 1.29 is 9.47 Å². The molecule has 0 aliphatic rings. The van der Waals surface area contributed by atoms with Crippen LogP contribution in [-0.4, -0.2) is 13.2 Å². The molecular formula is C18H18ClNO2. The van der Waals surface area contributed by atoms with Crippen LogP contribution in [0.1, 0.15) is 24.8 Å². The first-order chi connectivity index (χ1) is 10.7. The number of hydrogen-bond acceptors (Lipinski definition) is 3. The summed E-state index contributed by atoms with van der Waals surface area (Å²) >= 11 is 6.13. The van der Waals surface area contributed by atoms with Crippen molar-refractivity contribution in [3.63, 3.8) is 0 Å². The SMILES string of the molecule is CCOc1ccc(OCCC(C#N)c2ccccc2Cl)cc1. The second-order valence-electron chi connectivity index (χ2n) is 4.74. The number of nitriles is 1. The van der Waals surface area contributed by atoms with Gasteiger partial charge in [0.1, 0.15) is 11.5 Å². The second kappa shape index (κ2) is 8.31. The van der Waals surface area contributed by atoms with E-state index < -0.39 is 0 Å². The van der Waals surface area contributed by atoms with Gasteiger partial charge in [-0.25, -0.2) is 0 Å². The zero-order valence-electron chi connectivity index (χ0n) is 12.5. The van der Waals surface area contributed by atoms with Crippen molar-refractivity contribution in [1.29, 1.82) is 5.26 Å². The van der Waals surface area contributed by atoms with Crippen molar-refractivity contribution >= 4 is 11.6 Å². The third-order valence-corrected chi connectivity index (χ3v) is 3.59. The van der Waals surface area contributed by atoms with Crippen molar-refractivity contribution in [3.8, 4) is 17.6 Å². The molecule has 0 amide bonds. The van der Waals surface area contributed by atoms with E-state index in [0.717, 1.165) is 17.1 Å². The summed E-state index contributed by atoms with van der Waals surface area (Å²) in [4.78, 5) is 0. The summed E-state index contributed by atoms with van der Waals surface area (Å²) in [5.74, 6) is 1.32. The van der Waals surface area contributed by atoms with Gasteiger partial charge in [-0.3, -0.25) is 0 Å². The van der Waals surface area contributed by atoms with Crippen LogP contribution in [0.2, 0.25) is 5.02 Å². The van der Waals surface area contributed by atoms with E-state index in [9.17, 15) is 5.26 Å². The molecule has 0 aromatic heterocycles. The van der Waals surface area contributed by atoms with E-state index in [2.05, 4.69) is 6.07 Å². The van der Waals surface area contributed by atoms with E-state index in [4.69, 9.17) is 21.1 Å². The van der Waals surface area contributed by atoms with Crippen LogP contribution in [0.4, 0.5) is 0 Å². The Bertz CT molecular complexity index is 634. The van der Waals surface area contributed by atoms with Crippen molar-refractivity contribution in [1.82, 2.24) is 0 Å². The van der Waals surface area contributed by atoms with Gasteiger partial charge < -0.3 is 9.47 Å². The Kier molecular flexibility index (Phi) is 6.12. The first kappa shape index (κ1) is 16.2. The molecule has 0 bridgehead atoms. The minimum atomic E-state index is -0.267. The lowest BCUT2D eigenvalue weighted by Gasteiger charge is -2.12. The minimum Gasteiger partial charge on any atom is -0.494 e. The monoisotopic (exact) mass is 315 g/mol. The van der Waals surface area contributed by atoms with Gasteiger partial charge in [0, 0.05) is 11.4 Å². The van der Waals surface area contributed by atoms with Crippen molar-refractivity contribution in [2.75, 3.05) is 13.2 Å². The number of ether oxygens (including phenoxy) is 2. The Hall–Kier alpha value is -2.18. The van der Waals surface area contributed by atoms with E-state index in [1.807, 2.05) is 49.4 Å². The first-order valence-electron chi connectivity index (χ1n) is 7.24. The van der Waals surface area contributed by atoms with Gasteiger partial charge in [0.05, 0.1) is 25.2 Å². The average Bonchev–Trinajstić information content (AvgIpc) is 2.54. The number of rotatable bonds is 7. The number of hydrogen-bond donors (Lipinski definition) is 0. The predicted octanol–water partition coefficient (Wildman–Crippen LogP) is 4.81. The molecular weight excluding hydrogens is 298 g/mol. The van der Waals surface area contributed by atoms with Crippen molar-refractivity contribution in [3.05, 3.63) is 59.1 Å². The molecule has 0 fully saturated rings.